The van der Waals surface area contributed by atoms with Crippen molar-refractivity contribution in [3.63, 3.8) is 0 Å². The summed E-state index contributed by atoms with van der Waals surface area (Å²) in [6, 6.07) is 0. The van der Waals surface area contributed by atoms with Gasteiger partial charge in [-0.2, -0.15) is 13.2 Å². The van der Waals surface area contributed by atoms with E-state index in [2.05, 4.69) is 0 Å². The molecule has 2 saturated carbocycles. The predicted molar refractivity (Wildman–Crippen MR) is 77.8 cm³/mol. The smallest absolute Gasteiger partial charge is 0.348 e. The molecule has 2 aliphatic carbocycles. The molecule has 0 aromatic carbocycles. The van der Waals surface area contributed by atoms with E-state index in [0.717, 1.165) is 24.7 Å². The zero-order chi connectivity index (χ0) is 15.9. The maximum absolute atomic E-state index is 12.0. The Morgan fingerprint density at radius 2 is 1.81 bits per heavy atom. The molecule has 1 amide bonds. The second kappa shape index (κ2) is 8.44. The first-order valence-corrected chi connectivity index (χ1v) is 7.98. The van der Waals surface area contributed by atoms with Gasteiger partial charge in [0, 0.05) is 6.54 Å². The maximum atomic E-state index is 12.0. The van der Waals surface area contributed by atoms with Crippen LogP contribution < -0.4 is 5.32 Å². The minimum Gasteiger partial charge on any atom is -0.348 e. The summed E-state index contributed by atoms with van der Waals surface area (Å²) in [4.78, 5) is 10.6. The Morgan fingerprint density at radius 1 is 1.24 bits per heavy atom. The standard InChI is InChI=1S/C14H20F3NO.C2H6/c15-14(16,17)13(19)18-6-2-5-12-8-10-3-1-4-11(7-10)9-12;1-2/h5,10-11H,1-4,6-9H2,(H,18,19);1-2H3. The summed E-state index contributed by atoms with van der Waals surface area (Å²) in [5.74, 6) is -0.279. The molecule has 0 aromatic heterocycles. The van der Waals surface area contributed by atoms with E-state index in [4.69, 9.17) is 0 Å². The van der Waals surface area contributed by atoms with Crippen molar-refractivity contribution in [3.8, 4) is 0 Å². The largest absolute Gasteiger partial charge is 0.471 e. The monoisotopic (exact) mass is 305 g/mol. The van der Waals surface area contributed by atoms with Gasteiger partial charge in [0.25, 0.3) is 0 Å². The van der Waals surface area contributed by atoms with Crippen molar-refractivity contribution in [1.82, 2.24) is 5.32 Å². The molecule has 5 heteroatoms. The van der Waals surface area contributed by atoms with Crippen molar-refractivity contribution >= 4 is 5.91 Å². The van der Waals surface area contributed by atoms with Crippen LogP contribution in [0.1, 0.15) is 58.8 Å². The van der Waals surface area contributed by atoms with Crippen molar-refractivity contribution in [3.05, 3.63) is 11.6 Å². The number of rotatable bonds is 3. The van der Waals surface area contributed by atoms with E-state index in [1.165, 1.54) is 31.3 Å². The number of amides is 1. The molecule has 2 aliphatic rings. The minimum atomic E-state index is -4.77. The highest BCUT2D eigenvalue weighted by Crippen LogP contribution is 2.42. The maximum Gasteiger partial charge on any atom is 0.471 e. The Morgan fingerprint density at radius 3 is 2.33 bits per heavy atom. The number of fused-ring (bicyclic) bond motifs is 2. The topological polar surface area (TPSA) is 29.1 Å². The number of carbonyl (C=O) groups excluding carboxylic acids is 1. The summed E-state index contributed by atoms with van der Waals surface area (Å²) in [6.45, 7) is 4.07. The van der Waals surface area contributed by atoms with Gasteiger partial charge >= 0.3 is 12.1 Å². The first-order valence-electron chi connectivity index (χ1n) is 7.98. The molecule has 0 aliphatic heterocycles. The molecule has 0 spiro atoms. The third-order valence-corrected chi connectivity index (χ3v) is 4.11. The van der Waals surface area contributed by atoms with Crippen LogP contribution in [0.2, 0.25) is 0 Å². The average molecular weight is 305 g/mol. The Balaban J connectivity index is 0.00000106. The predicted octanol–water partition coefficient (Wildman–Crippen LogP) is 4.61. The number of nitrogens with one attached hydrogen (secondary N) is 1. The Kier molecular flexibility index (Phi) is 7.26. The average Bonchev–Trinajstić information content (AvgIpc) is 2.44. The number of carbonyl (C=O) groups is 1. The second-order valence-electron chi connectivity index (χ2n) is 5.71. The van der Waals surface area contributed by atoms with Gasteiger partial charge in [-0.05, 0) is 37.5 Å². The zero-order valence-corrected chi connectivity index (χ0v) is 12.9. The van der Waals surface area contributed by atoms with Crippen molar-refractivity contribution in [2.45, 2.75) is 65.0 Å². The molecule has 0 heterocycles. The second-order valence-corrected chi connectivity index (χ2v) is 5.71. The lowest BCUT2D eigenvalue weighted by Gasteiger charge is -2.35. The molecule has 2 rings (SSSR count). The number of hydrogen-bond donors (Lipinski definition) is 1. The van der Waals surface area contributed by atoms with Crippen LogP contribution in [-0.4, -0.2) is 18.6 Å². The minimum absolute atomic E-state index is 0.0666. The zero-order valence-electron chi connectivity index (χ0n) is 12.9. The van der Waals surface area contributed by atoms with Crippen LogP contribution in [0.3, 0.4) is 0 Å². The lowest BCUT2D eigenvalue weighted by Crippen LogP contribution is -2.37. The van der Waals surface area contributed by atoms with Gasteiger partial charge in [-0.1, -0.05) is 44.8 Å². The van der Waals surface area contributed by atoms with Gasteiger partial charge in [0.1, 0.15) is 0 Å². The summed E-state index contributed by atoms with van der Waals surface area (Å²) in [7, 11) is 0. The molecule has 0 aromatic rings. The molecule has 0 saturated heterocycles. The molecule has 2 nitrogen and oxygen atoms in total. The van der Waals surface area contributed by atoms with E-state index in [1.807, 2.05) is 25.2 Å². The SMILES string of the molecule is CC.O=C(NCCC=C1CC2CCCC(C1)C2)C(F)(F)F. The van der Waals surface area contributed by atoms with Crippen molar-refractivity contribution < 1.29 is 18.0 Å². The van der Waals surface area contributed by atoms with Gasteiger partial charge in [-0.3, -0.25) is 4.79 Å². The number of hydrogen-bond acceptors (Lipinski definition) is 1. The third-order valence-electron chi connectivity index (χ3n) is 4.11. The highest BCUT2D eigenvalue weighted by Gasteiger charge is 2.38. The van der Waals surface area contributed by atoms with E-state index in [-0.39, 0.29) is 6.54 Å². The Hall–Kier alpha value is -1.00. The van der Waals surface area contributed by atoms with E-state index in [0.29, 0.717) is 6.42 Å². The van der Waals surface area contributed by atoms with E-state index < -0.39 is 12.1 Å². The summed E-state index contributed by atoms with van der Waals surface area (Å²) < 4.78 is 35.9. The molecule has 2 unspecified atom stereocenters. The fraction of sp³-hybridized carbons (Fsp3) is 0.812. The lowest BCUT2D eigenvalue weighted by atomic mass is 9.70. The highest BCUT2D eigenvalue weighted by molar-refractivity contribution is 5.81. The highest BCUT2D eigenvalue weighted by atomic mass is 19.4. The van der Waals surface area contributed by atoms with E-state index in [1.54, 1.807) is 0 Å². The van der Waals surface area contributed by atoms with Gasteiger partial charge in [0.05, 0.1) is 0 Å². The van der Waals surface area contributed by atoms with Crippen LogP contribution in [0.15, 0.2) is 11.6 Å². The molecule has 2 atom stereocenters. The summed E-state index contributed by atoms with van der Waals surface area (Å²) in [5.41, 5.74) is 1.38. The molecule has 2 fully saturated rings. The van der Waals surface area contributed by atoms with Gasteiger partial charge in [-0.25, -0.2) is 0 Å². The van der Waals surface area contributed by atoms with Crippen LogP contribution in [0.5, 0.6) is 0 Å². The van der Waals surface area contributed by atoms with Crippen molar-refractivity contribution in [2.75, 3.05) is 6.54 Å². The van der Waals surface area contributed by atoms with Gasteiger partial charge in [0.15, 0.2) is 0 Å². The molecule has 1 N–H and O–H groups in total. The molecule has 122 valence electrons. The normalized spacial score (nSPS) is 24.7. The molecular weight excluding hydrogens is 279 g/mol. The van der Waals surface area contributed by atoms with Crippen molar-refractivity contribution in [2.24, 2.45) is 11.8 Å². The lowest BCUT2D eigenvalue weighted by molar-refractivity contribution is -0.173. The van der Waals surface area contributed by atoms with Gasteiger partial charge < -0.3 is 5.32 Å². The van der Waals surface area contributed by atoms with Crippen LogP contribution in [-0.2, 0) is 4.79 Å². The summed E-state index contributed by atoms with van der Waals surface area (Å²) in [6.07, 6.45) is 5.18. The van der Waals surface area contributed by atoms with Gasteiger partial charge in [0.2, 0.25) is 0 Å². The van der Waals surface area contributed by atoms with Gasteiger partial charge in [-0.15, -0.1) is 0 Å². The third kappa shape index (κ3) is 6.10. The van der Waals surface area contributed by atoms with Crippen LogP contribution in [0, 0.1) is 11.8 Å². The summed E-state index contributed by atoms with van der Waals surface area (Å²) in [5, 5.41) is 1.90. The molecule has 2 bridgehead atoms. The summed E-state index contributed by atoms with van der Waals surface area (Å²) >= 11 is 0. The van der Waals surface area contributed by atoms with E-state index in [9.17, 15) is 18.0 Å². The fourth-order valence-electron chi connectivity index (χ4n) is 3.33. The Labute approximate surface area is 125 Å². The fourth-order valence-corrected chi connectivity index (χ4v) is 3.33. The first kappa shape index (κ1) is 18.1. The molecular formula is C16H26F3NO. The quantitative estimate of drug-likeness (QED) is 0.599. The molecule has 0 radical (unpaired) electrons. The van der Waals surface area contributed by atoms with Crippen LogP contribution in [0.25, 0.3) is 0 Å². The first-order chi connectivity index (χ1) is 9.95. The van der Waals surface area contributed by atoms with Crippen LogP contribution in [0.4, 0.5) is 13.2 Å². The van der Waals surface area contributed by atoms with Crippen molar-refractivity contribution in [1.29, 1.82) is 0 Å². The number of allylic oxidation sites excluding steroid dienone is 1. The van der Waals surface area contributed by atoms with Crippen LogP contribution >= 0.6 is 0 Å². The number of alkyl halides is 3. The number of halogens is 3. The van der Waals surface area contributed by atoms with E-state index >= 15 is 0 Å². The molecule has 21 heavy (non-hydrogen) atoms. The Bertz CT molecular complexity index is 349.